The highest BCUT2D eigenvalue weighted by molar-refractivity contribution is 5.70. The first-order valence-electron chi connectivity index (χ1n) is 3.20. The van der Waals surface area contributed by atoms with Gasteiger partial charge in [-0.25, -0.2) is 0 Å². The summed E-state index contributed by atoms with van der Waals surface area (Å²) in [7, 11) is 0. The molecule has 0 aromatic heterocycles. The lowest BCUT2D eigenvalue weighted by Crippen LogP contribution is -2.23. The number of rotatable bonds is 3. The molecule has 0 unspecified atom stereocenters. The Balaban J connectivity index is 3.83. The van der Waals surface area contributed by atoms with Gasteiger partial charge in [-0.3, -0.25) is 9.59 Å². The van der Waals surface area contributed by atoms with Crippen molar-refractivity contribution in [3.05, 3.63) is 0 Å². The summed E-state index contributed by atoms with van der Waals surface area (Å²) in [5, 5.41) is 0. The van der Waals surface area contributed by atoms with Crippen molar-refractivity contribution < 1.29 is 14.3 Å². The molecule has 0 saturated carbocycles. The number of esters is 1. The van der Waals surface area contributed by atoms with Crippen LogP contribution in [0.5, 0.6) is 0 Å². The highest BCUT2D eigenvalue weighted by Crippen LogP contribution is 2.03. The minimum atomic E-state index is -0.586. The van der Waals surface area contributed by atoms with Gasteiger partial charge < -0.3 is 4.74 Å². The summed E-state index contributed by atoms with van der Waals surface area (Å²) in [6.07, 6.45) is 0.0593. The maximum atomic E-state index is 10.3. The van der Waals surface area contributed by atoms with Gasteiger partial charge in [0.05, 0.1) is 0 Å². The van der Waals surface area contributed by atoms with E-state index in [1.807, 2.05) is 13.8 Å². The van der Waals surface area contributed by atoms with Gasteiger partial charge in [0.2, 0.25) is 0 Å². The summed E-state index contributed by atoms with van der Waals surface area (Å²) in [4.78, 5) is 20.5. The van der Waals surface area contributed by atoms with Gasteiger partial charge in [0.25, 0.3) is 0 Å². The van der Waals surface area contributed by atoms with E-state index in [1.54, 1.807) is 0 Å². The molecule has 0 aliphatic heterocycles. The molecule has 0 radical (unpaired) electrons. The summed E-state index contributed by atoms with van der Waals surface area (Å²) >= 11 is 0. The molecule has 3 nitrogen and oxygen atoms in total. The summed E-state index contributed by atoms with van der Waals surface area (Å²) < 4.78 is 4.65. The fourth-order valence-electron chi connectivity index (χ4n) is 0.513. The van der Waals surface area contributed by atoms with Crippen molar-refractivity contribution >= 4 is 12.3 Å². The Labute approximate surface area is 60.4 Å². The van der Waals surface area contributed by atoms with Gasteiger partial charge in [-0.2, -0.15) is 0 Å². The topological polar surface area (TPSA) is 43.4 Å². The largest absolute Gasteiger partial charge is 0.455 e. The monoisotopic (exact) mass is 144 g/mol. The van der Waals surface area contributed by atoms with Gasteiger partial charge in [0, 0.05) is 6.92 Å². The quantitative estimate of drug-likeness (QED) is 0.434. The van der Waals surface area contributed by atoms with Crippen LogP contribution < -0.4 is 0 Å². The summed E-state index contributed by atoms with van der Waals surface area (Å²) in [6.45, 7) is 4.93. The second-order valence-corrected chi connectivity index (χ2v) is 2.45. The zero-order valence-electron chi connectivity index (χ0n) is 6.46. The van der Waals surface area contributed by atoms with Crippen molar-refractivity contribution in [1.82, 2.24) is 0 Å². The number of hydrogen-bond acceptors (Lipinski definition) is 3. The molecular weight excluding hydrogens is 132 g/mol. The first-order valence-corrected chi connectivity index (χ1v) is 3.20. The zero-order valence-corrected chi connectivity index (χ0v) is 6.46. The maximum absolute atomic E-state index is 10.3. The van der Waals surface area contributed by atoms with Crippen LogP contribution in [0.25, 0.3) is 0 Å². The molecule has 10 heavy (non-hydrogen) atoms. The second kappa shape index (κ2) is 4.04. The number of carbonyl (C=O) groups excluding carboxylic acids is 2. The Bertz CT molecular complexity index is 129. The van der Waals surface area contributed by atoms with Crippen LogP contribution in [0.4, 0.5) is 0 Å². The Hall–Kier alpha value is -0.860. The Morgan fingerprint density at radius 2 is 2.00 bits per heavy atom. The first-order chi connectivity index (χ1) is 4.57. The minimum Gasteiger partial charge on any atom is -0.455 e. The van der Waals surface area contributed by atoms with E-state index in [0.29, 0.717) is 6.29 Å². The molecule has 58 valence electrons. The predicted octanol–water partition coefficient (Wildman–Crippen LogP) is 0.773. The molecule has 0 fully saturated rings. The van der Waals surface area contributed by atoms with Gasteiger partial charge in [-0.15, -0.1) is 0 Å². The van der Waals surface area contributed by atoms with E-state index in [2.05, 4.69) is 4.74 Å². The van der Waals surface area contributed by atoms with Crippen LogP contribution >= 0.6 is 0 Å². The van der Waals surface area contributed by atoms with E-state index in [0.717, 1.165) is 0 Å². The van der Waals surface area contributed by atoms with Gasteiger partial charge >= 0.3 is 5.97 Å². The summed E-state index contributed by atoms with van der Waals surface area (Å²) in [6, 6.07) is 0. The minimum absolute atomic E-state index is 0.0569. The van der Waals surface area contributed by atoms with E-state index in [-0.39, 0.29) is 5.92 Å². The van der Waals surface area contributed by atoms with Crippen molar-refractivity contribution in [2.24, 2.45) is 5.92 Å². The molecule has 0 saturated heterocycles. The van der Waals surface area contributed by atoms with Crippen molar-refractivity contribution in [3.63, 3.8) is 0 Å². The Kier molecular flexibility index (Phi) is 3.69. The number of ether oxygens (including phenoxy) is 1. The van der Waals surface area contributed by atoms with Crippen LogP contribution in [0, 0.1) is 5.92 Å². The van der Waals surface area contributed by atoms with Gasteiger partial charge in [0.15, 0.2) is 12.4 Å². The lowest BCUT2D eigenvalue weighted by molar-refractivity contribution is -0.151. The zero-order chi connectivity index (χ0) is 8.15. The summed E-state index contributed by atoms with van der Waals surface area (Å²) in [5.74, 6) is -0.354. The van der Waals surface area contributed by atoms with Crippen LogP contribution in [0.2, 0.25) is 0 Å². The summed E-state index contributed by atoms with van der Waals surface area (Å²) in [5.41, 5.74) is 0. The van der Waals surface area contributed by atoms with Crippen LogP contribution in [-0.4, -0.2) is 18.4 Å². The fraction of sp³-hybridized carbons (Fsp3) is 0.714. The second-order valence-electron chi connectivity index (χ2n) is 2.45. The number of carbonyl (C=O) groups is 2. The molecule has 0 aliphatic rings. The van der Waals surface area contributed by atoms with E-state index in [1.165, 1.54) is 6.92 Å². The lowest BCUT2D eigenvalue weighted by atomic mass is 10.1. The molecule has 0 N–H and O–H groups in total. The van der Waals surface area contributed by atoms with Gasteiger partial charge in [-0.05, 0) is 5.92 Å². The fourth-order valence-corrected chi connectivity index (χ4v) is 0.513. The van der Waals surface area contributed by atoms with Crippen LogP contribution in [0.15, 0.2) is 0 Å². The SMILES string of the molecule is CC(=O)O[C@H](C=O)C(C)C. The van der Waals surface area contributed by atoms with Gasteiger partial charge in [0.1, 0.15) is 0 Å². The van der Waals surface area contributed by atoms with Crippen LogP contribution in [0.1, 0.15) is 20.8 Å². The molecule has 3 heteroatoms. The van der Waals surface area contributed by atoms with Crippen molar-refractivity contribution in [3.8, 4) is 0 Å². The van der Waals surface area contributed by atoms with Crippen LogP contribution in [-0.2, 0) is 14.3 Å². The molecular formula is C7H12O3. The highest BCUT2D eigenvalue weighted by atomic mass is 16.5. The lowest BCUT2D eigenvalue weighted by Gasteiger charge is -2.13. The highest BCUT2D eigenvalue weighted by Gasteiger charge is 2.14. The molecule has 0 heterocycles. The smallest absolute Gasteiger partial charge is 0.303 e. The number of hydrogen-bond donors (Lipinski definition) is 0. The third kappa shape index (κ3) is 3.22. The van der Waals surface area contributed by atoms with Crippen molar-refractivity contribution in [2.75, 3.05) is 0 Å². The molecule has 0 amide bonds. The van der Waals surface area contributed by atoms with Gasteiger partial charge in [-0.1, -0.05) is 13.8 Å². The Morgan fingerprint density at radius 3 is 2.10 bits per heavy atom. The average Bonchev–Trinajstić information content (AvgIpc) is 1.81. The number of aldehydes is 1. The van der Waals surface area contributed by atoms with E-state index >= 15 is 0 Å². The molecule has 0 spiro atoms. The first kappa shape index (κ1) is 9.14. The Morgan fingerprint density at radius 1 is 1.50 bits per heavy atom. The average molecular weight is 144 g/mol. The van der Waals surface area contributed by atoms with Crippen molar-refractivity contribution in [1.29, 1.82) is 0 Å². The normalized spacial score (nSPS) is 12.8. The molecule has 1 atom stereocenters. The standard InChI is InChI=1S/C7H12O3/c1-5(2)7(4-8)10-6(3)9/h4-5,7H,1-3H3/t7-/m1/s1. The predicted molar refractivity (Wildman–Crippen MR) is 36.5 cm³/mol. The molecule has 0 bridgehead atoms. The molecule has 0 aromatic carbocycles. The van der Waals surface area contributed by atoms with Crippen molar-refractivity contribution in [2.45, 2.75) is 26.9 Å². The maximum Gasteiger partial charge on any atom is 0.303 e. The third-order valence-corrected chi connectivity index (χ3v) is 1.09. The van der Waals surface area contributed by atoms with E-state index < -0.39 is 12.1 Å². The van der Waals surface area contributed by atoms with E-state index in [4.69, 9.17) is 0 Å². The molecule has 0 aromatic rings. The van der Waals surface area contributed by atoms with E-state index in [9.17, 15) is 9.59 Å². The molecule has 0 aliphatic carbocycles. The third-order valence-electron chi connectivity index (χ3n) is 1.09. The molecule has 0 rings (SSSR count). The van der Waals surface area contributed by atoms with Crippen LogP contribution in [0.3, 0.4) is 0 Å².